The van der Waals surface area contributed by atoms with Crippen LogP contribution in [0.2, 0.25) is 0 Å². The Kier molecular flexibility index (Phi) is 8.52. The zero-order valence-electron chi connectivity index (χ0n) is 17.8. The van der Waals surface area contributed by atoms with E-state index in [-0.39, 0.29) is 13.0 Å². The Balaban J connectivity index is 1.82. The summed E-state index contributed by atoms with van der Waals surface area (Å²) in [7, 11) is -4.25. The number of benzene rings is 2. The predicted molar refractivity (Wildman–Crippen MR) is 118 cm³/mol. The lowest BCUT2D eigenvalue weighted by molar-refractivity contribution is 0.303. The van der Waals surface area contributed by atoms with Gasteiger partial charge in [0.25, 0.3) is 0 Å². The minimum absolute atomic E-state index is 0.0308. The zero-order valence-corrected chi connectivity index (χ0v) is 18.6. The van der Waals surface area contributed by atoms with E-state index in [0.29, 0.717) is 35.6 Å². The van der Waals surface area contributed by atoms with Gasteiger partial charge in [-0.3, -0.25) is 0 Å². The molecular weight excluding hydrogens is 443 g/mol. The maximum absolute atomic E-state index is 15.5. The molecule has 1 aliphatic heterocycles. The third-order valence-corrected chi connectivity index (χ3v) is 6.26. The summed E-state index contributed by atoms with van der Waals surface area (Å²) in [6, 6.07) is 8.46. The Morgan fingerprint density at radius 1 is 1.16 bits per heavy atom. The van der Waals surface area contributed by atoms with Crippen LogP contribution in [-0.2, 0) is 16.4 Å². The molecule has 3 unspecified atom stereocenters. The topological polar surface area (TPSA) is 79.5 Å². The molecule has 0 aromatic heterocycles. The zero-order chi connectivity index (χ0) is 23.1. The molecule has 176 valence electrons. The molecule has 0 spiro atoms. The van der Waals surface area contributed by atoms with Gasteiger partial charge in [0, 0.05) is 30.3 Å². The van der Waals surface area contributed by atoms with Crippen LogP contribution in [0.15, 0.2) is 42.5 Å². The van der Waals surface area contributed by atoms with Gasteiger partial charge in [0.2, 0.25) is 16.0 Å². The van der Waals surface area contributed by atoms with Crippen LogP contribution in [0.5, 0.6) is 5.75 Å². The fourth-order valence-electron chi connectivity index (χ4n) is 3.77. The van der Waals surface area contributed by atoms with Crippen LogP contribution in [-0.4, -0.2) is 58.9 Å². The molecular formula is C22H28F3N3O3S. The fraction of sp³-hybridized carbons (Fsp3) is 0.455. The van der Waals surface area contributed by atoms with Gasteiger partial charge in [-0.25, -0.2) is 26.3 Å². The number of likely N-dealkylation sites (N-methyl/N-ethyl adjacent to an activating group) is 1. The molecule has 0 aliphatic carbocycles. The maximum atomic E-state index is 15.5. The molecule has 3 rings (SSSR count). The van der Waals surface area contributed by atoms with E-state index >= 15 is 4.39 Å². The lowest BCUT2D eigenvalue weighted by Gasteiger charge is -2.22. The summed E-state index contributed by atoms with van der Waals surface area (Å²) in [5.74, 6) is 0.0456. The molecule has 32 heavy (non-hydrogen) atoms. The Hall–Kier alpha value is -2.14. The summed E-state index contributed by atoms with van der Waals surface area (Å²) in [6.07, 6.45) is -1.51. The molecule has 10 heteroatoms. The second kappa shape index (κ2) is 11.1. The molecule has 2 aromatic rings. The van der Waals surface area contributed by atoms with Crippen molar-refractivity contribution in [2.75, 3.05) is 32.2 Å². The molecule has 0 amide bonds. The Morgan fingerprint density at radius 3 is 2.66 bits per heavy atom. The van der Waals surface area contributed by atoms with Crippen LogP contribution in [0.25, 0.3) is 11.1 Å². The molecule has 0 bridgehead atoms. The van der Waals surface area contributed by atoms with Crippen LogP contribution < -0.4 is 20.1 Å². The summed E-state index contributed by atoms with van der Waals surface area (Å²) < 4.78 is 73.5. The smallest absolute Gasteiger partial charge is 0.241 e. The van der Waals surface area contributed by atoms with Crippen LogP contribution in [0.4, 0.5) is 13.2 Å². The van der Waals surface area contributed by atoms with Gasteiger partial charge in [-0.1, -0.05) is 43.3 Å². The first kappa shape index (κ1) is 24.5. The van der Waals surface area contributed by atoms with E-state index in [1.807, 2.05) is 11.6 Å². The fourth-order valence-corrected chi connectivity index (χ4v) is 4.56. The monoisotopic (exact) mass is 471 g/mol. The van der Waals surface area contributed by atoms with Gasteiger partial charge in [-0.15, -0.1) is 0 Å². The molecule has 2 aromatic carbocycles. The van der Waals surface area contributed by atoms with Gasteiger partial charge in [-0.05, 0) is 24.6 Å². The number of alkyl halides is 2. The highest BCUT2D eigenvalue weighted by Gasteiger charge is 2.39. The highest BCUT2D eigenvalue weighted by Crippen LogP contribution is 2.33. The highest BCUT2D eigenvalue weighted by molar-refractivity contribution is 7.89. The Morgan fingerprint density at radius 2 is 1.91 bits per heavy atom. The second-order valence-electron chi connectivity index (χ2n) is 7.58. The van der Waals surface area contributed by atoms with E-state index in [0.717, 1.165) is 6.54 Å². The van der Waals surface area contributed by atoms with Crippen LogP contribution in [0.3, 0.4) is 0 Å². The van der Waals surface area contributed by atoms with E-state index in [1.165, 1.54) is 0 Å². The molecule has 6 nitrogen and oxygen atoms in total. The van der Waals surface area contributed by atoms with Gasteiger partial charge in [0.15, 0.2) is 0 Å². The van der Waals surface area contributed by atoms with Crippen molar-refractivity contribution in [1.82, 2.24) is 15.4 Å². The minimum atomic E-state index is -4.25. The van der Waals surface area contributed by atoms with Crippen molar-refractivity contribution in [3.8, 4) is 16.9 Å². The maximum Gasteiger partial charge on any atom is 0.241 e. The van der Waals surface area contributed by atoms with Gasteiger partial charge >= 0.3 is 0 Å². The first-order valence-electron chi connectivity index (χ1n) is 10.5. The number of rotatable bonds is 11. The third-order valence-electron chi connectivity index (χ3n) is 5.34. The summed E-state index contributed by atoms with van der Waals surface area (Å²) in [5.41, 5.74) is 1.21. The van der Waals surface area contributed by atoms with E-state index in [4.69, 9.17) is 4.74 Å². The van der Waals surface area contributed by atoms with Gasteiger partial charge < -0.3 is 15.4 Å². The van der Waals surface area contributed by atoms with E-state index in [2.05, 4.69) is 10.6 Å². The van der Waals surface area contributed by atoms with Gasteiger partial charge in [0.1, 0.15) is 24.3 Å². The standard InChI is InChI=1S/C22H28F3N3O3S/c1-2-26-10-11-31-20-9-4-3-7-16(20)17-8-5-6-15(21(17)25)12-19-22(18(24)13-27-19)28-32(29,30)14-23/h3-9,18-19,22,26-28H,2,10-14H2,1H3. The third kappa shape index (κ3) is 6.00. The predicted octanol–water partition coefficient (Wildman–Crippen LogP) is 2.55. The molecule has 3 N–H and O–H groups in total. The Bertz CT molecular complexity index is 1010. The van der Waals surface area contributed by atoms with Crippen molar-refractivity contribution in [3.05, 3.63) is 53.8 Å². The van der Waals surface area contributed by atoms with Gasteiger partial charge in [0.05, 0.1) is 6.04 Å². The molecule has 0 saturated carbocycles. The first-order valence-corrected chi connectivity index (χ1v) is 12.1. The van der Waals surface area contributed by atoms with Crippen molar-refractivity contribution in [1.29, 1.82) is 0 Å². The minimum Gasteiger partial charge on any atom is -0.492 e. The van der Waals surface area contributed by atoms with Crippen molar-refractivity contribution in [2.45, 2.75) is 31.6 Å². The number of hydrogen-bond acceptors (Lipinski definition) is 5. The average molecular weight is 472 g/mol. The highest BCUT2D eigenvalue weighted by atomic mass is 32.2. The van der Waals surface area contributed by atoms with Crippen LogP contribution >= 0.6 is 0 Å². The van der Waals surface area contributed by atoms with E-state index in [9.17, 15) is 17.2 Å². The van der Waals surface area contributed by atoms with E-state index < -0.39 is 40.1 Å². The lowest BCUT2D eigenvalue weighted by Crippen LogP contribution is -2.48. The Labute approximate surface area is 186 Å². The van der Waals surface area contributed by atoms with Crippen LogP contribution in [0, 0.1) is 5.82 Å². The SMILES string of the molecule is CCNCCOc1ccccc1-c1cccc(CC2NCC(F)C2NS(=O)(=O)CF)c1F. The first-order chi connectivity index (χ1) is 15.4. The quantitative estimate of drug-likeness (QED) is 0.439. The number of nitrogens with one attached hydrogen (secondary N) is 3. The van der Waals surface area contributed by atoms with Crippen molar-refractivity contribution < 1.29 is 26.3 Å². The summed E-state index contributed by atoms with van der Waals surface area (Å²) in [6.45, 7) is 3.78. The number of para-hydroxylation sites is 1. The summed E-state index contributed by atoms with van der Waals surface area (Å²) in [5, 5.41) is 6.02. The molecule has 1 aliphatic rings. The molecule has 1 fully saturated rings. The number of halogens is 3. The van der Waals surface area contributed by atoms with Crippen LogP contribution in [0.1, 0.15) is 12.5 Å². The van der Waals surface area contributed by atoms with E-state index in [1.54, 1.807) is 42.5 Å². The molecule has 3 atom stereocenters. The number of sulfonamides is 1. The normalized spacial score (nSPS) is 21.1. The summed E-state index contributed by atoms with van der Waals surface area (Å²) >= 11 is 0. The van der Waals surface area contributed by atoms with Gasteiger partial charge in [-0.2, -0.15) is 0 Å². The van der Waals surface area contributed by atoms with Crippen molar-refractivity contribution >= 4 is 10.0 Å². The largest absolute Gasteiger partial charge is 0.492 e. The molecule has 1 heterocycles. The van der Waals surface area contributed by atoms with Crippen molar-refractivity contribution in [3.63, 3.8) is 0 Å². The average Bonchev–Trinajstić information content (AvgIpc) is 3.12. The summed E-state index contributed by atoms with van der Waals surface area (Å²) in [4.78, 5) is 0. The number of ether oxygens (including phenoxy) is 1. The molecule has 1 saturated heterocycles. The lowest BCUT2D eigenvalue weighted by atomic mass is 9.96. The molecule has 0 radical (unpaired) electrons. The second-order valence-corrected chi connectivity index (χ2v) is 9.26. The van der Waals surface area contributed by atoms with Crippen molar-refractivity contribution in [2.24, 2.45) is 0 Å². The number of hydrogen-bond donors (Lipinski definition) is 3.